The molecule has 0 aliphatic carbocycles. The molecule has 1 N–H and O–H groups in total. The lowest BCUT2D eigenvalue weighted by atomic mass is 10.1. The summed E-state index contributed by atoms with van der Waals surface area (Å²) in [5.41, 5.74) is 0.563. The Kier molecular flexibility index (Phi) is 3.75. The number of nitrogens with one attached hydrogen (secondary N) is 1. The van der Waals surface area contributed by atoms with Gasteiger partial charge in [-0.2, -0.15) is 5.26 Å². The van der Waals surface area contributed by atoms with Crippen molar-refractivity contribution in [2.45, 2.75) is 6.42 Å². The Morgan fingerprint density at radius 1 is 1.69 bits per heavy atom. The highest BCUT2D eigenvalue weighted by Crippen LogP contribution is 2.18. The minimum absolute atomic E-state index is 0.525. The Balaban J connectivity index is 2.00. The molecule has 1 atom stereocenters. The van der Waals surface area contributed by atoms with Crippen LogP contribution in [0.4, 0.5) is 5.82 Å². The topological polar surface area (TPSA) is 57.9 Å². The molecule has 4 nitrogen and oxygen atoms in total. The molecule has 84 valence electrons. The van der Waals surface area contributed by atoms with Crippen molar-refractivity contribution in [3.63, 3.8) is 0 Å². The summed E-state index contributed by atoms with van der Waals surface area (Å²) in [7, 11) is 0. The van der Waals surface area contributed by atoms with E-state index in [4.69, 9.17) is 10.00 Å². The van der Waals surface area contributed by atoms with E-state index in [1.807, 2.05) is 0 Å². The van der Waals surface area contributed by atoms with Gasteiger partial charge >= 0.3 is 0 Å². The van der Waals surface area contributed by atoms with Crippen molar-refractivity contribution in [3.8, 4) is 6.07 Å². The molecule has 16 heavy (non-hydrogen) atoms. The molecule has 0 bridgehead atoms. The number of rotatable bonds is 3. The molecular formula is C11H12BrN3O. The number of hydrogen-bond acceptors (Lipinski definition) is 4. The van der Waals surface area contributed by atoms with Crippen LogP contribution in [0.15, 0.2) is 16.7 Å². The summed E-state index contributed by atoms with van der Waals surface area (Å²) in [4.78, 5) is 4.19. The number of pyridine rings is 1. The van der Waals surface area contributed by atoms with E-state index in [1.54, 1.807) is 12.3 Å². The summed E-state index contributed by atoms with van der Waals surface area (Å²) >= 11 is 3.29. The fraction of sp³-hybridized carbons (Fsp3) is 0.455. The van der Waals surface area contributed by atoms with Crippen molar-refractivity contribution in [2.24, 2.45) is 5.92 Å². The van der Waals surface area contributed by atoms with Crippen LogP contribution in [0.1, 0.15) is 12.0 Å². The lowest BCUT2D eigenvalue weighted by molar-refractivity contribution is 0.187. The van der Waals surface area contributed by atoms with E-state index < -0.39 is 0 Å². The standard InChI is InChI=1S/C11H12BrN3O/c12-10-3-9(4-13)11(15-6-10)14-5-8-1-2-16-7-8/h3,6,8H,1-2,5,7H2,(H,14,15)/t8-/m1/s1. The number of nitrogens with zero attached hydrogens (tertiary/aromatic N) is 2. The monoisotopic (exact) mass is 281 g/mol. The predicted molar refractivity (Wildman–Crippen MR) is 64.1 cm³/mol. The van der Waals surface area contributed by atoms with E-state index in [0.717, 1.165) is 30.7 Å². The number of aromatic nitrogens is 1. The number of halogens is 1. The summed E-state index contributed by atoms with van der Waals surface area (Å²) < 4.78 is 6.11. The van der Waals surface area contributed by atoms with Gasteiger partial charge in [0.15, 0.2) is 0 Å². The Morgan fingerprint density at radius 2 is 2.56 bits per heavy atom. The predicted octanol–water partition coefficient (Wildman–Crippen LogP) is 2.16. The largest absolute Gasteiger partial charge is 0.381 e. The molecule has 5 heteroatoms. The zero-order valence-electron chi connectivity index (χ0n) is 8.74. The Morgan fingerprint density at radius 3 is 3.25 bits per heavy atom. The summed E-state index contributed by atoms with van der Waals surface area (Å²) in [6, 6.07) is 3.89. The van der Waals surface area contributed by atoms with Gasteiger partial charge in [-0.3, -0.25) is 0 Å². The van der Waals surface area contributed by atoms with Gasteiger partial charge in [-0.1, -0.05) is 0 Å². The summed E-state index contributed by atoms with van der Waals surface area (Å²) in [6.45, 7) is 2.44. The molecule has 0 saturated carbocycles. The van der Waals surface area contributed by atoms with Crippen molar-refractivity contribution < 1.29 is 4.74 Å². The fourth-order valence-electron chi connectivity index (χ4n) is 1.65. The van der Waals surface area contributed by atoms with Crippen LogP contribution in [0.2, 0.25) is 0 Å². The van der Waals surface area contributed by atoms with Crippen LogP contribution in [0.25, 0.3) is 0 Å². The molecule has 1 fully saturated rings. The Bertz CT molecular complexity index is 410. The van der Waals surface area contributed by atoms with Crippen LogP contribution < -0.4 is 5.32 Å². The van der Waals surface area contributed by atoms with Crippen LogP contribution in [-0.4, -0.2) is 24.7 Å². The van der Waals surface area contributed by atoms with Gasteiger partial charge < -0.3 is 10.1 Å². The molecule has 0 unspecified atom stereocenters. The lowest BCUT2D eigenvalue weighted by Crippen LogP contribution is -2.15. The first-order valence-electron chi connectivity index (χ1n) is 5.17. The van der Waals surface area contributed by atoms with Crippen molar-refractivity contribution in [3.05, 3.63) is 22.3 Å². The molecule has 1 saturated heterocycles. The van der Waals surface area contributed by atoms with Gasteiger partial charge in [-0.15, -0.1) is 0 Å². The quantitative estimate of drug-likeness (QED) is 0.923. The molecule has 0 spiro atoms. The van der Waals surface area contributed by atoms with Gasteiger partial charge in [0.25, 0.3) is 0 Å². The number of hydrogen-bond donors (Lipinski definition) is 1. The third-order valence-electron chi connectivity index (χ3n) is 2.56. The first-order chi connectivity index (χ1) is 7.79. The fourth-order valence-corrected chi connectivity index (χ4v) is 1.98. The molecule has 1 aromatic rings. The first kappa shape index (κ1) is 11.4. The second kappa shape index (κ2) is 5.28. The molecule has 0 amide bonds. The van der Waals surface area contributed by atoms with E-state index in [0.29, 0.717) is 17.3 Å². The highest BCUT2D eigenvalue weighted by atomic mass is 79.9. The second-order valence-electron chi connectivity index (χ2n) is 3.77. The average molecular weight is 282 g/mol. The van der Waals surface area contributed by atoms with Gasteiger partial charge in [0.05, 0.1) is 12.2 Å². The highest BCUT2D eigenvalue weighted by molar-refractivity contribution is 9.10. The number of nitriles is 1. The molecule has 0 aromatic carbocycles. The van der Waals surface area contributed by atoms with Crippen LogP contribution in [0.5, 0.6) is 0 Å². The van der Waals surface area contributed by atoms with Gasteiger partial charge in [0.2, 0.25) is 0 Å². The van der Waals surface area contributed by atoms with Crippen LogP contribution in [-0.2, 0) is 4.74 Å². The maximum Gasteiger partial charge on any atom is 0.143 e. The summed E-state index contributed by atoms with van der Waals surface area (Å²) in [5, 5.41) is 12.2. The highest BCUT2D eigenvalue weighted by Gasteiger charge is 2.16. The summed E-state index contributed by atoms with van der Waals surface area (Å²) in [5.74, 6) is 1.18. The molecule has 1 aromatic heterocycles. The van der Waals surface area contributed by atoms with Crippen LogP contribution in [0.3, 0.4) is 0 Å². The third kappa shape index (κ3) is 2.71. The van der Waals surface area contributed by atoms with E-state index in [-0.39, 0.29) is 0 Å². The van der Waals surface area contributed by atoms with Crippen LogP contribution in [0, 0.1) is 17.2 Å². The molecule has 0 radical (unpaired) electrons. The molecule has 2 rings (SSSR count). The van der Waals surface area contributed by atoms with E-state index in [9.17, 15) is 0 Å². The van der Waals surface area contributed by atoms with Crippen molar-refractivity contribution in [1.82, 2.24) is 4.98 Å². The second-order valence-corrected chi connectivity index (χ2v) is 4.69. The van der Waals surface area contributed by atoms with E-state index in [1.165, 1.54) is 0 Å². The van der Waals surface area contributed by atoms with Crippen molar-refractivity contribution in [2.75, 3.05) is 25.1 Å². The SMILES string of the molecule is N#Cc1cc(Br)cnc1NC[C@H]1CCOC1. The van der Waals surface area contributed by atoms with Gasteiger partial charge in [0.1, 0.15) is 11.9 Å². The average Bonchev–Trinajstić information content (AvgIpc) is 2.80. The number of ether oxygens (including phenoxy) is 1. The van der Waals surface area contributed by atoms with Gasteiger partial charge in [0, 0.05) is 29.7 Å². The Labute approximate surface area is 103 Å². The molecular weight excluding hydrogens is 270 g/mol. The van der Waals surface area contributed by atoms with Gasteiger partial charge in [-0.05, 0) is 28.4 Å². The first-order valence-corrected chi connectivity index (χ1v) is 5.96. The van der Waals surface area contributed by atoms with Crippen molar-refractivity contribution in [1.29, 1.82) is 5.26 Å². The minimum atomic E-state index is 0.525. The smallest absolute Gasteiger partial charge is 0.143 e. The van der Waals surface area contributed by atoms with E-state index >= 15 is 0 Å². The van der Waals surface area contributed by atoms with Crippen LogP contribution >= 0.6 is 15.9 Å². The normalized spacial score (nSPS) is 19.4. The maximum atomic E-state index is 8.96. The molecule has 2 heterocycles. The van der Waals surface area contributed by atoms with Crippen molar-refractivity contribution >= 4 is 21.7 Å². The Hall–Kier alpha value is -1.12. The minimum Gasteiger partial charge on any atom is -0.381 e. The van der Waals surface area contributed by atoms with E-state index in [2.05, 4.69) is 32.3 Å². The zero-order chi connectivity index (χ0) is 11.4. The maximum absolute atomic E-state index is 8.96. The molecule has 1 aliphatic rings. The van der Waals surface area contributed by atoms with Gasteiger partial charge in [-0.25, -0.2) is 4.98 Å². The molecule has 1 aliphatic heterocycles. The number of anilines is 1. The third-order valence-corrected chi connectivity index (χ3v) is 2.99. The lowest BCUT2D eigenvalue weighted by Gasteiger charge is -2.10. The zero-order valence-corrected chi connectivity index (χ0v) is 10.3. The summed E-state index contributed by atoms with van der Waals surface area (Å²) in [6.07, 6.45) is 2.76.